The van der Waals surface area contributed by atoms with Gasteiger partial charge >= 0.3 is 0 Å². The first-order valence-electron chi connectivity index (χ1n) is 5.58. The molecule has 0 spiro atoms. The van der Waals surface area contributed by atoms with Crippen molar-refractivity contribution in [3.8, 4) is 0 Å². The number of rotatable bonds is 3. The van der Waals surface area contributed by atoms with Crippen molar-refractivity contribution in [3.05, 3.63) is 24.0 Å². The van der Waals surface area contributed by atoms with Gasteiger partial charge in [-0.3, -0.25) is 14.5 Å². The van der Waals surface area contributed by atoms with E-state index in [1.807, 2.05) is 0 Å². The van der Waals surface area contributed by atoms with Gasteiger partial charge in [0.1, 0.15) is 5.82 Å². The molecule has 18 heavy (non-hydrogen) atoms. The molecule has 1 aromatic rings. The summed E-state index contributed by atoms with van der Waals surface area (Å²) in [5.41, 5.74) is 5.78. The third-order valence-corrected chi connectivity index (χ3v) is 3.98. The number of likely N-dealkylation sites (tertiary alicyclic amines) is 1. The molecule has 1 aliphatic heterocycles. The Labute approximate surface area is 108 Å². The minimum absolute atomic E-state index is 0.126. The molecule has 6 heteroatoms. The van der Waals surface area contributed by atoms with E-state index in [0.29, 0.717) is 17.1 Å². The van der Waals surface area contributed by atoms with Crippen LogP contribution in [0.5, 0.6) is 0 Å². The maximum Gasteiger partial charge on any atom is 0.243 e. The molecule has 96 valence electrons. The molecule has 0 aliphatic carbocycles. The molecule has 4 nitrogen and oxygen atoms in total. The van der Waals surface area contributed by atoms with E-state index < -0.39 is 11.1 Å². The van der Waals surface area contributed by atoms with E-state index in [4.69, 9.17) is 5.73 Å². The quantitative estimate of drug-likeness (QED) is 0.668. The second-order valence-corrected chi connectivity index (χ2v) is 5.22. The van der Waals surface area contributed by atoms with Crippen LogP contribution in [0, 0.1) is 5.82 Å². The number of imide groups is 1. The monoisotopic (exact) mass is 268 g/mol. The number of hydrogen-bond acceptors (Lipinski definition) is 4. The zero-order valence-corrected chi connectivity index (χ0v) is 10.7. The Morgan fingerprint density at radius 1 is 1.50 bits per heavy atom. The zero-order valence-electron chi connectivity index (χ0n) is 9.85. The molecule has 0 aromatic heterocycles. The lowest BCUT2D eigenvalue weighted by molar-refractivity contribution is -0.137. The van der Waals surface area contributed by atoms with Gasteiger partial charge in [-0.05, 0) is 25.1 Å². The molecule has 0 saturated carbocycles. The van der Waals surface area contributed by atoms with Crippen LogP contribution in [0.15, 0.2) is 23.1 Å². The van der Waals surface area contributed by atoms with Crippen molar-refractivity contribution < 1.29 is 14.0 Å². The van der Waals surface area contributed by atoms with Crippen molar-refractivity contribution in [2.24, 2.45) is 0 Å². The van der Waals surface area contributed by atoms with E-state index in [1.54, 1.807) is 13.0 Å². The van der Waals surface area contributed by atoms with Crippen LogP contribution in [-0.4, -0.2) is 28.5 Å². The number of carbonyl (C=O) groups is 2. The molecule has 2 rings (SSSR count). The Hall–Kier alpha value is -1.56. The highest BCUT2D eigenvalue weighted by molar-refractivity contribution is 8.00. The van der Waals surface area contributed by atoms with Crippen molar-refractivity contribution >= 4 is 29.3 Å². The topological polar surface area (TPSA) is 63.4 Å². The largest absolute Gasteiger partial charge is 0.399 e. The summed E-state index contributed by atoms with van der Waals surface area (Å²) in [4.78, 5) is 24.9. The van der Waals surface area contributed by atoms with Crippen LogP contribution < -0.4 is 5.73 Å². The first-order valence-corrected chi connectivity index (χ1v) is 6.46. The number of nitrogens with two attached hydrogens (primary N) is 1. The van der Waals surface area contributed by atoms with E-state index in [0.717, 1.165) is 11.8 Å². The summed E-state index contributed by atoms with van der Waals surface area (Å²) in [6.07, 6.45) is 0.126. The first kappa shape index (κ1) is 12.9. The van der Waals surface area contributed by atoms with E-state index in [9.17, 15) is 14.0 Å². The minimum atomic E-state index is -0.532. The van der Waals surface area contributed by atoms with Crippen LogP contribution in [0.4, 0.5) is 10.1 Å². The minimum Gasteiger partial charge on any atom is -0.399 e. The van der Waals surface area contributed by atoms with Crippen molar-refractivity contribution in [3.63, 3.8) is 0 Å². The van der Waals surface area contributed by atoms with E-state index >= 15 is 0 Å². The predicted octanol–water partition coefficient (Wildman–Crippen LogP) is 1.65. The standard InChI is InChI=1S/C12H13FN2O2S/c1-2-15-11(16)6-10(12(15)17)18-9-4-3-7(14)5-8(9)13/h3-5,10H,2,6,14H2,1H3. The van der Waals surface area contributed by atoms with E-state index in [2.05, 4.69) is 0 Å². The number of nitrogens with zero attached hydrogens (tertiary/aromatic N) is 1. The summed E-state index contributed by atoms with van der Waals surface area (Å²) in [5.74, 6) is -0.908. The van der Waals surface area contributed by atoms with E-state index in [-0.39, 0.29) is 18.2 Å². The molecule has 1 fully saturated rings. The van der Waals surface area contributed by atoms with Crippen LogP contribution in [-0.2, 0) is 9.59 Å². The fraction of sp³-hybridized carbons (Fsp3) is 0.333. The molecule has 1 heterocycles. The molecular formula is C12H13FN2O2S. The Morgan fingerprint density at radius 3 is 2.78 bits per heavy atom. The third-order valence-electron chi connectivity index (χ3n) is 2.74. The van der Waals surface area contributed by atoms with Crippen LogP contribution >= 0.6 is 11.8 Å². The van der Waals surface area contributed by atoms with Crippen molar-refractivity contribution in [1.29, 1.82) is 0 Å². The molecule has 1 aliphatic rings. The molecule has 1 aromatic carbocycles. The molecule has 1 unspecified atom stereocenters. The predicted molar refractivity (Wildman–Crippen MR) is 67.5 cm³/mol. The van der Waals surface area contributed by atoms with Gasteiger partial charge in [-0.15, -0.1) is 11.8 Å². The summed E-state index contributed by atoms with van der Waals surface area (Å²) in [6.45, 7) is 2.10. The fourth-order valence-corrected chi connectivity index (χ4v) is 2.92. The maximum atomic E-state index is 13.6. The average molecular weight is 268 g/mol. The smallest absolute Gasteiger partial charge is 0.243 e. The summed E-state index contributed by atoms with van der Waals surface area (Å²) >= 11 is 1.07. The Bertz CT molecular complexity index is 507. The normalized spacial score (nSPS) is 19.7. The number of benzene rings is 1. The van der Waals surface area contributed by atoms with Crippen molar-refractivity contribution in [2.75, 3.05) is 12.3 Å². The molecule has 0 bridgehead atoms. The number of halogens is 1. The van der Waals surface area contributed by atoms with Crippen molar-refractivity contribution in [2.45, 2.75) is 23.5 Å². The first-order chi connectivity index (χ1) is 8.52. The van der Waals surface area contributed by atoms with Gasteiger partial charge in [0, 0.05) is 23.5 Å². The van der Waals surface area contributed by atoms with Crippen molar-refractivity contribution in [1.82, 2.24) is 4.90 Å². The molecule has 0 radical (unpaired) electrons. The van der Waals surface area contributed by atoms with Crippen LogP contribution in [0.1, 0.15) is 13.3 Å². The van der Waals surface area contributed by atoms with Gasteiger partial charge in [0.25, 0.3) is 0 Å². The second-order valence-electron chi connectivity index (χ2n) is 3.98. The molecule has 1 saturated heterocycles. The lowest BCUT2D eigenvalue weighted by Crippen LogP contribution is -2.30. The number of thioether (sulfide) groups is 1. The van der Waals surface area contributed by atoms with Gasteiger partial charge in [0.05, 0.1) is 5.25 Å². The molecular weight excluding hydrogens is 255 g/mol. The Morgan fingerprint density at radius 2 is 2.22 bits per heavy atom. The summed E-state index contributed by atoms with van der Waals surface area (Å²) in [5, 5.41) is -0.532. The number of carbonyl (C=O) groups excluding carboxylic acids is 2. The summed E-state index contributed by atoms with van der Waals surface area (Å²) in [6, 6.07) is 4.31. The number of nitrogen functional groups attached to an aromatic ring is 1. The van der Waals surface area contributed by atoms with Gasteiger partial charge in [-0.2, -0.15) is 0 Å². The highest BCUT2D eigenvalue weighted by Gasteiger charge is 2.38. The van der Waals surface area contributed by atoms with Crippen LogP contribution in [0.3, 0.4) is 0 Å². The highest BCUT2D eigenvalue weighted by Crippen LogP contribution is 2.33. The lowest BCUT2D eigenvalue weighted by atomic mass is 10.3. The lowest BCUT2D eigenvalue weighted by Gasteiger charge is -2.12. The summed E-state index contributed by atoms with van der Waals surface area (Å²) < 4.78 is 13.6. The molecule has 2 amide bonds. The number of amides is 2. The second kappa shape index (κ2) is 4.97. The number of anilines is 1. The Kier molecular flexibility index (Phi) is 3.56. The van der Waals surface area contributed by atoms with Crippen LogP contribution in [0.25, 0.3) is 0 Å². The van der Waals surface area contributed by atoms with E-state index in [1.165, 1.54) is 17.0 Å². The highest BCUT2D eigenvalue weighted by atomic mass is 32.2. The van der Waals surface area contributed by atoms with Gasteiger partial charge in [0.15, 0.2) is 0 Å². The average Bonchev–Trinajstić information content (AvgIpc) is 2.58. The molecule has 2 N–H and O–H groups in total. The third kappa shape index (κ3) is 2.33. The van der Waals surface area contributed by atoms with Gasteiger partial charge in [-0.1, -0.05) is 0 Å². The fourth-order valence-electron chi connectivity index (χ4n) is 1.84. The van der Waals surface area contributed by atoms with Gasteiger partial charge in [-0.25, -0.2) is 4.39 Å². The zero-order chi connectivity index (χ0) is 13.3. The van der Waals surface area contributed by atoms with Crippen LogP contribution in [0.2, 0.25) is 0 Å². The maximum absolute atomic E-state index is 13.6. The number of hydrogen-bond donors (Lipinski definition) is 1. The van der Waals surface area contributed by atoms with Gasteiger partial charge in [0.2, 0.25) is 11.8 Å². The summed E-state index contributed by atoms with van der Waals surface area (Å²) in [7, 11) is 0. The SMILES string of the molecule is CCN1C(=O)CC(Sc2ccc(N)cc2F)C1=O. The Balaban J connectivity index is 2.15. The van der Waals surface area contributed by atoms with Gasteiger partial charge < -0.3 is 5.73 Å². The molecule has 1 atom stereocenters.